The SMILES string of the molecule is CCOC(=O)N1CCCC(C(=O)Oc2c(Cl)cccc2Cl)C1. The fraction of sp³-hybridized carbons (Fsp3) is 0.467. The van der Waals surface area contributed by atoms with E-state index in [-0.39, 0.29) is 22.3 Å². The van der Waals surface area contributed by atoms with Crippen LogP contribution in [0, 0.1) is 5.92 Å². The van der Waals surface area contributed by atoms with Gasteiger partial charge in [0.2, 0.25) is 0 Å². The van der Waals surface area contributed by atoms with Gasteiger partial charge in [0, 0.05) is 13.1 Å². The lowest BCUT2D eigenvalue weighted by Gasteiger charge is -2.30. The van der Waals surface area contributed by atoms with Crippen LogP contribution in [-0.4, -0.2) is 36.7 Å². The van der Waals surface area contributed by atoms with Crippen molar-refractivity contribution in [2.24, 2.45) is 5.92 Å². The molecule has 0 saturated carbocycles. The highest BCUT2D eigenvalue weighted by molar-refractivity contribution is 6.37. The van der Waals surface area contributed by atoms with Crippen molar-refractivity contribution in [1.82, 2.24) is 4.90 Å². The van der Waals surface area contributed by atoms with Crippen LogP contribution in [0.25, 0.3) is 0 Å². The van der Waals surface area contributed by atoms with E-state index in [2.05, 4.69) is 0 Å². The quantitative estimate of drug-likeness (QED) is 0.618. The van der Waals surface area contributed by atoms with Gasteiger partial charge in [-0.1, -0.05) is 29.3 Å². The van der Waals surface area contributed by atoms with E-state index in [1.54, 1.807) is 25.1 Å². The van der Waals surface area contributed by atoms with E-state index in [1.807, 2.05) is 0 Å². The Hall–Kier alpha value is -1.46. The van der Waals surface area contributed by atoms with Crippen LogP contribution in [0.1, 0.15) is 19.8 Å². The number of hydrogen-bond donors (Lipinski definition) is 0. The molecule has 1 aromatic carbocycles. The second-order valence-electron chi connectivity index (χ2n) is 4.96. The molecular formula is C15H17Cl2NO4. The van der Waals surface area contributed by atoms with E-state index in [1.165, 1.54) is 4.90 Å². The number of piperidine rings is 1. The highest BCUT2D eigenvalue weighted by Gasteiger charge is 2.31. The first-order valence-corrected chi connectivity index (χ1v) is 7.86. The van der Waals surface area contributed by atoms with Gasteiger partial charge in [0.1, 0.15) is 0 Å². The summed E-state index contributed by atoms with van der Waals surface area (Å²) in [5, 5.41) is 0.554. The summed E-state index contributed by atoms with van der Waals surface area (Å²) < 4.78 is 10.3. The minimum atomic E-state index is -0.441. The molecule has 1 aliphatic rings. The molecule has 0 spiro atoms. The number of hydrogen-bond acceptors (Lipinski definition) is 4. The minimum absolute atomic E-state index is 0.157. The smallest absolute Gasteiger partial charge is 0.409 e. The molecule has 120 valence electrons. The van der Waals surface area contributed by atoms with Crippen molar-refractivity contribution in [1.29, 1.82) is 0 Å². The molecule has 0 aliphatic carbocycles. The zero-order valence-electron chi connectivity index (χ0n) is 12.2. The van der Waals surface area contributed by atoms with E-state index in [0.29, 0.717) is 19.6 Å². The Morgan fingerprint density at radius 1 is 1.32 bits per heavy atom. The fourth-order valence-electron chi connectivity index (χ4n) is 2.31. The van der Waals surface area contributed by atoms with Gasteiger partial charge in [0.05, 0.1) is 22.6 Å². The molecule has 5 nitrogen and oxygen atoms in total. The predicted molar refractivity (Wildman–Crippen MR) is 83.4 cm³/mol. The van der Waals surface area contributed by atoms with Crippen molar-refractivity contribution in [3.8, 4) is 5.75 Å². The van der Waals surface area contributed by atoms with Gasteiger partial charge < -0.3 is 14.4 Å². The molecule has 1 atom stereocenters. The number of likely N-dealkylation sites (tertiary alicyclic amines) is 1. The molecule has 2 rings (SSSR count). The molecule has 0 N–H and O–H groups in total. The Labute approximate surface area is 139 Å². The average Bonchev–Trinajstić information content (AvgIpc) is 2.51. The highest BCUT2D eigenvalue weighted by Crippen LogP contribution is 2.33. The normalized spacial score (nSPS) is 18.0. The number of nitrogens with zero attached hydrogens (tertiary/aromatic N) is 1. The minimum Gasteiger partial charge on any atom is -0.450 e. The first-order chi connectivity index (χ1) is 10.5. The Bertz CT molecular complexity index is 544. The van der Waals surface area contributed by atoms with Gasteiger partial charge in [0.25, 0.3) is 0 Å². The lowest BCUT2D eigenvalue weighted by molar-refractivity contribution is -0.140. The first-order valence-electron chi connectivity index (χ1n) is 7.10. The van der Waals surface area contributed by atoms with Gasteiger partial charge in [-0.2, -0.15) is 0 Å². The summed E-state index contributed by atoms with van der Waals surface area (Å²) in [4.78, 5) is 25.5. The summed E-state index contributed by atoms with van der Waals surface area (Å²) >= 11 is 12.0. The second-order valence-corrected chi connectivity index (χ2v) is 5.77. The van der Waals surface area contributed by atoms with E-state index >= 15 is 0 Å². The summed E-state index contributed by atoms with van der Waals surface area (Å²) in [5.41, 5.74) is 0. The van der Waals surface area contributed by atoms with E-state index < -0.39 is 18.0 Å². The van der Waals surface area contributed by atoms with Gasteiger partial charge in [0.15, 0.2) is 5.75 Å². The zero-order valence-corrected chi connectivity index (χ0v) is 13.7. The Balaban J connectivity index is 2.02. The summed E-state index contributed by atoms with van der Waals surface area (Å²) in [5.74, 6) is -0.696. The molecule has 1 saturated heterocycles. The van der Waals surface area contributed by atoms with Crippen LogP contribution in [0.15, 0.2) is 18.2 Å². The molecule has 1 fully saturated rings. The van der Waals surface area contributed by atoms with Crippen LogP contribution in [0.2, 0.25) is 10.0 Å². The summed E-state index contributed by atoms with van der Waals surface area (Å²) in [6.45, 7) is 2.90. The van der Waals surface area contributed by atoms with E-state index in [9.17, 15) is 9.59 Å². The molecule has 1 aromatic rings. The van der Waals surface area contributed by atoms with Crippen LogP contribution in [0.3, 0.4) is 0 Å². The average molecular weight is 346 g/mol. The maximum atomic E-state index is 12.3. The summed E-state index contributed by atoms with van der Waals surface area (Å²) in [7, 11) is 0. The number of ether oxygens (including phenoxy) is 2. The number of benzene rings is 1. The summed E-state index contributed by atoms with van der Waals surface area (Å²) in [6.07, 6.45) is 0.960. The lowest BCUT2D eigenvalue weighted by atomic mass is 9.98. The van der Waals surface area contributed by atoms with E-state index in [4.69, 9.17) is 32.7 Å². The van der Waals surface area contributed by atoms with Crippen molar-refractivity contribution in [3.63, 3.8) is 0 Å². The van der Waals surface area contributed by atoms with Gasteiger partial charge in [-0.25, -0.2) is 4.79 Å². The van der Waals surface area contributed by atoms with Crippen LogP contribution in [0.5, 0.6) is 5.75 Å². The van der Waals surface area contributed by atoms with Crippen LogP contribution >= 0.6 is 23.2 Å². The Morgan fingerprint density at radius 2 is 2.00 bits per heavy atom. The maximum Gasteiger partial charge on any atom is 0.409 e. The lowest BCUT2D eigenvalue weighted by Crippen LogP contribution is -2.43. The predicted octanol–water partition coefficient (Wildman–Crippen LogP) is 3.77. The number of para-hydroxylation sites is 1. The molecule has 7 heteroatoms. The van der Waals surface area contributed by atoms with Crippen molar-refractivity contribution in [2.75, 3.05) is 19.7 Å². The topological polar surface area (TPSA) is 55.8 Å². The number of rotatable bonds is 3. The molecule has 1 amide bonds. The van der Waals surface area contributed by atoms with Crippen LogP contribution < -0.4 is 4.74 Å². The molecular weight excluding hydrogens is 329 g/mol. The molecule has 0 bridgehead atoms. The largest absolute Gasteiger partial charge is 0.450 e. The third-order valence-electron chi connectivity index (χ3n) is 3.40. The molecule has 22 heavy (non-hydrogen) atoms. The maximum absolute atomic E-state index is 12.3. The number of carbonyl (C=O) groups is 2. The van der Waals surface area contributed by atoms with Gasteiger partial charge in [-0.15, -0.1) is 0 Å². The van der Waals surface area contributed by atoms with Crippen molar-refractivity contribution in [3.05, 3.63) is 28.2 Å². The Morgan fingerprint density at radius 3 is 2.64 bits per heavy atom. The standard InChI is InChI=1S/C15H17Cl2NO4/c1-2-21-15(20)18-8-4-5-10(9-18)14(19)22-13-11(16)6-3-7-12(13)17/h3,6-7,10H,2,4-5,8-9H2,1H3. The fourth-order valence-corrected chi connectivity index (χ4v) is 2.79. The van der Waals surface area contributed by atoms with Crippen molar-refractivity contribution >= 4 is 35.3 Å². The van der Waals surface area contributed by atoms with Gasteiger partial charge in [-0.3, -0.25) is 4.79 Å². The monoisotopic (exact) mass is 345 g/mol. The van der Waals surface area contributed by atoms with Crippen LogP contribution in [0.4, 0.5) is 4.79 Å². The molecule has 1 heterocycles. The van der Waals surface area contributed by atoms with Gasteiger partial charge in [-0.05, 0) is 31.9 Å². The number of halogens is 2. The molecule has 1 aliphatic heterocycles. The van der Waals surface area contributed by atoms with Gasteiger partial charge >= 0.3 is 12.1 Å². The molecule has 0 aromatic heterocycles. The zero-order chi connectivity index (χ0) is 16.1. The number of esters is 1. The molecule has 1 unspecified atom stereocenters. The van der Waals surface area contributed by atoms with Crippen LogP contribution in [-0.2, 0) is 9.53 Å². The van der Waals surface area contributed by atoms with Crippen molar-refractivity contribution < 1.29 is 19.1 Å². The molecule has 0 radical (unpaired) electrons. The Kier molecular flexibility index (Phi) is 5.91. The third kappa shape index (κ3) is 4.05. The third-order valence-corrected chi connectivity index (χ3v) is 4.00. The van der Waals surface area contributed by atoms with Crippen molar-refractivity contribution in [2.45, 2.75) is 19.8 Å². The number of carbonyl (C=O) groups excluding carboxylic acids is 2. The second kappa shape index (κ2) is 7.70. The first kappa shape index (κ1) is 16.9. The summed E-state index contributed by atoms with van der Waals surface area (Å²) in [6, 6.07) is 4.87. The number of amides is 1. The highest BCUT2D eigenvalue weighted by atomic mass is 35.5. The van der Waals surface area contributed by atoms with E-state index in [0.717, 1.165) is 6.42 Å².